The molecular weight excluding hydrogens is 320 g/mol. The van der Waals surface area contributed by atoms with Gasteiger partial charge in [0.15, 0.2) is 0 Å². The molecule has 0 amide bonds. The Morgan fingerprint density at radius 1 is 1.05 bits per heavy atom. The summed E-state index contributed by atoms with van der Waals surface area (Å²) < 4.78 is 13.1. The normalized spacial score (nSPS) is 12.3. The van der Waals surface area contributed by atoms with Crippen molar-refractivity contribution in [2.45, 2.75) is 19.9 Å². The maximum absolute atomic E-state index is 13.1. The molecule has 1 atom stereocenters. The molecule has 0 bridgehead atoms. The van der Waals surface area contributed by atoms with E-state index in [-0.39, 0.29) is 11.9 Å². The van der Waals surface area contributed by atoms with E-state index < -0.39 is 0 Å². The van der Waals surface area contributed by atoms with E-state index in [0.29, 0.717) is 15.1 Å². The van der Waals surface area contributed by atoms with Crippen LogP contribution in [-0.2, 0) is 0 Å². The van der Waals surface area contributed by atoms with Crippen LogP contribution in [0.2, 0.25) is 15.1 Å². The van der Waals surface area contributed by atoms with Crippen molar-refractivity contribution in [2.75, 3.05) is 5.32 Å². The number of nitrogens with one attached hydrogen (secondary N) is 1. The molecule has 0 fully saturated rings. The molecule has 0 saturated carbocycles. The van der Waals surface area contributed by atoms with Crippen LogP contribution in [0.5, 0.6) is 0 Å². The average Bonchev–Trinajstić information content (AvgIpc) is 2.39. The fourth-order valence-corrected chi connectivity index (χ4v) is 2.68. The lowest BCUT2D eigenvalue weighted by Gasteiger charge is -2.19. The highest BCUT2D eigenvalue weighted by Gasteiger charge is 2.15. The first-order valence-corrected chi connectivity index (χ1v) is 7.19. The molecule has 0 radical (unpaired) electrons. The number of benzene rings is 2. The third-order valence-electron chi connectivity index (χ3n) is 3.09. The maximum atomic E-state index is 13.1. The molecule has 0 saturated heterocycles. The second-order valence-electron chi connectivity index (χ2n) is 4.59. The summed E-state index contributed by atoms with van der Waals surface area (Å²) in [6.07, 6.45) is 0. The molecule has 1 N–H and O–H groups in total. The van der Waals surface area contributed by atoms with Crippen LogP contribution in [0.1, 0.15) is 24.1 Å². The van der Waals surface area contributed by atoms with Gasteiger partial charge in [-0.2, -0.15) is 0 Å². The van der Waals surface area contributed by atoms with Crippen LogP contribution < -0.4 is 5.32 Å². The molecule has 2 aromatic rings. The Hall–Kier alpha value is -0.960. The minimum Gasteiger partial charge on any atom is -0.378 e. The van der Waals surface area contributed by atoms with Gasteiger partial charge in [0.1, 0.15) is 5.82 Å². The first kappa shape index (κ1) is 15.4. The molecule has 5 heteroatoms. The summed E-state index contributed by atoms with van der Waals surface area (Å²) >= 11 is 18.2. The van der Waals surface area contributed by atoms with E-state index in [9.17, 15) is 4.39 Å². The Balaban J connectivity index is 2.28. The Kier molecular flexibility index (Phi) is 4.79. The molecule has 2 aromatic carbocycles. The van der Waals surface area contributed by atoms with Crippen molar-refractivity contribution in [2.24, 2.45) is 0 Å². The second-order valence-corrected chi connectivity index (χ2v) is 5.75. The number of aryl methyl sites for hydroxylation is 1. The van der Waals surface area contributed by atoms with Crippen molar-refractivity contribution in [3.63, 3.8) is 0 Å². The molecule has 1 unspecified atom stereocenters. The monoisotopic (exact) mass is 331 g/mol. The summed E-state index contributed by atoms with van der Waals surface area (Å²) in [5.41, 5.74) is 2.51. The summed E-state index contributed by atoms with van der Waals surface area (Å²) in [5, 5.41) is 4.48. The highest BCUT2D eigenvalue weighted by atomic mass is 35.5. The van der Waals surface area contributed by atoms with E-state index in [1.165, 1.54) is 12.1 Å². The summed E-state index contributed by atoms with van der Waals surface area (Å²) in [6, 6.07) is 8.05. The van der Waals surface area contributed by atoms with Gasteiger partial charge in [0.2, 0.25) is 0 Å². The molecule has 0 aliphatic carbocycles. The van der Waals surface area contributed by atoms with Gasteiger partial charge in [0.25, 0.3) is 0 Å². The van der Waals surface area contributed by atoms with Crippen LogP contribution in [-0.4, -0.2) is 0 Å². The Labute approximate surface area is 132 Å². The second kappa shape index (κ2) is 6.21. The topological polar surface area (TPSA) is 12.0 Å². The van der Waals surface area contributed by atoms with E-state index >= 15 is 0 Å². The van der Waals surface area contributed by atoms with Crippen molar-refractivity contribution < 1.29 is 4.39 Å². The van der Waals surface area contributed by atoms with Crippen LogP contribution in [0.4, 0.5) is 10.1 Å². The van der Waals surface area contributed by atoms with Crippen LogP contribution >= 0.6 is 34.8 Å². The van der Waals surface area contributed by atoms with E-state index in [4.69, 9.17) is 34.8 Å². The van der Waals surface area contributed by atoms with Gasteiger partial charge in [-0.1, -0.05) is 40.9 Å². The molecule has 0 spiro atoms. The predicted molar refractivity (Wildman–Crippen MR) is 84.6 cm³/mol. The maximum Gasteiger partial charge on any atom is 0.123 e. The Morgan fingerprint density at radius 3 is 2.40 bits per heavy atom. The first-order valence-electron chi connectivity index (χ1n) is 6.06. The quantitative estimate of drug-likeness (QED) is 0.653. The lowest BCUT2D eigenvalue weighted by Crippen LogP contribution is -2.08. The zero-order valence-electron chi connectivity index (χ0n) is 11.0. The van der Waals surface area contributed by atoms with Gasteiger partial charge >= 0.3 is 0 Å². The van der Waals surface area contributed by atoms with Crippen molar-refractivity contribution in [1.82, 2.24) is 0 Å². The fraction of sp³-hybridized carbons (Fsp3) is 0.200. The minimum absolute atomic E-state index is 0.0820. The van der Waals surface area contributed by atoms with Crippen LogP contribution in [0.15, 0.2) is 30.3 Å². The standard InChI is InChI=1S/C15H13Cl3FN/c1-8-7-10(19)3-6-13(8)20-9(2)11-4-5-12(16)15(18)14(11)17/h3-7,9,20H,1-2H3. The van der Waals surface area contributed by atoms with Gasteiger partial charge < -0.3 is 5.32 Å². The summed E-state index contributed by atoms with van der Waals surface area (Å²) in [7, 11) is 0. The highest BCUT2D eigenvalue weighted by Crippen LogP contribution is 2.36. The Morgan fingerprint density at radius 2 is 1.75 bits per heavy atom. The zero-order chi connectivity index (χ0) is 14.9. The average molecular weight is 333 g/mol. The number of hydrogen-bond acceptors (Lipinski definition) is 1. The molecule has 0 aliphatic rings. The lowest BCUT2D eigenvalue weighted by atomic mass is 10.1. The molecule has 20 heavy (non-hydrogen) atoms. The van der Waals surface area contributed by atoms with Gasteiger partial charge in [-0.25, -0.2) is 4.39 Å². The van der Waals surface area contributed by atoms with Crippen LogP contribution in [0, 0.1) is 12.7 Å². The van der Waals surface area contributed by atoms with Gasteiger partial charge in [-0.05, 0) is 49.2 Å². The SMILES string of the molecule is Cc1cc(F)ccc1NC(C)c1ccc(Cl)c(Cl)c1Cl. The van der Waals surface area contributed by atoms with Crippen molar-refractivity contribution in [1.29, 1.82) is 0 Å². The molecule has 0 aromatic heterocycles. The van der Waals surface area contributed by atoms with Crippen molar-refractivity contribution >= 4 is 40.5 Å². The van der Waals surface area contributed by atoms with Gasteiger partial charge in [0.05, 0.1) is 21.1 Å². The third kappa shape index (κ3) is 3.20. The van der Waals surface area contributed by atoms with Gasteiger partial charge in [-0.15, -0.1) is 0 Å². The number of halogens is 4. The van der Waals surface area contributed by atoms with Gasteiger partial charge in [0, 0.05) is 5.69 Å². The van der Waals surface area contributed by atoms with Crippen molar-refractivity contribution in [3.8, 4) is 0 Å². The van der Waals surface area contributed by atoms with Gasteiger partial charge in [-0.3, -0.25) is 0 Å². The minimum atomic E-state index is -0.256. The van der Waals surface area contributed by atoms with E-state index in [0.717, 1.165) is 16.8 Å². The molecule has 106 valence electrons. The fourth-order valence-electron chi connectivity index (χ4n) is 1.98. The molecule has 0 heterocycles. The van der Waals surface area contributed by atoms with E-state index in [2.05, 4.69) is 5.32 Å². The number of rotatable bonds is 3. The smallest absolute Gasteiger partial charge is 0.123 e. The molecular formula is C15H13Cl3FN. The first-order chi connectivity index (χ1) is 9.40. The summed E-state index contributed by atoms with van der Waals surface area (Å²) in [6.45, 7) is 3.79. The molecule has 1 nitrogen and oxygen atoms in total. The predicted octanol–water partition coefficient (Wildman–Crippen LogP) is 6.27. The van der Waals surface area contributed by atoms with E-state index in [1.54, 1.807) is 12.1 Å². The zero-order valence-corrected chi connectivity index (χ0v) is 13.2. The Bertz CT molecular complexity index is 643. The number of hydrogen-bond donors (Lipinski definition) is 1. The third-order valence-corrected chi connectivity index (χ3v) is 4.40. The number of anilines is 1. The van der Waals surface area contributed by atoms with E-state index in [1.807, 2.05) is 19.9 Å². The van der Waals surface area contributed by atoms with Crippen molar-refractivity contribution in [3.05, 3.63) is 62.3 Å². The van der Waals surface area contributed by atoms with Crippen LogP contribution in [0.3, 0.4) is 0 Å². The molecule has 2 rings (SSSR count). The highest BCUT2D eigenvalue weighted by molar-refractivity contribution is 6.48. The summed E-state index contributed by atoms with van der Waals surface area (Å²) in [5.74, 6) is -0.256. The van der Waals surface area contributed by atoms with Crippen LogP contribution in [0.25, 0.3) is 0 Å². The lowest BCUT2D eigenvalue weighted by molar-refractivity contribution is 0.626. The molecule has 0 aliphatic heterocycles. The largest absolute Gasteiger partial charge is 0.378 e. The summed E-state index contributed by atoms with van der Waals surface area (Å²) in [4.78, 5) is 0.